The highest BCUT2D eigenvalue weighted by Gasteiger charge is 2.41. The second-order valence-corrected chi connectivity index (χ2v) is 6.20. The summed E-state index contributed by atoms with van der Waals surface area (Å²) in [5.41, 5.74) is 6.73. The van der Waals surface area contributed by atoms with Gasteiger partial charge in [0.1, 0.15) is 11.6 Å². The van der Waals surface area contributed by atoms with Crippen molar-refractivity contribution >= 4 is 0 Å². The maximum absolute atomic E-state index is 14.3. The van der Waals surface area contributed by atoms with E-state index < -0.39 is 5.54 Å². The summed E-state index contributed by atoms with van der Waals surface area (Å²) >= 11 is 0. The summed E-state index contributed by atoms with van der Waals surface area (Å²) in [5, 5.41) is 0. The van der Waals surface area contributed by atoms with Crippen LogP contribution in [0.25, 0.3) is 0 Å². The van der Waals surface area contributed by atoms with Gasteiger partial charge in [0.15, 0.2) is 0 Å². The largest absolute Gasteiger partial charge is 0.497 e. The van der Waals surface area contributed by atoms with E-state index >= 15 is 0 Å². The topological polar surface area (TPSA) is 35.2 Å². The fourth-order valence-corrected chi connectivity index (χ4v) is 3.59. The van der Waals surface area contributed by atoms with Crippen molar-refractivity contribution in [1.82, 2.24) is 0 Å². The fraction of sp³-hybridized carbons (Fsp3) is 0.625. The molecule has 0 saturated heterocycles. The average Bonchev–Trinajstić information content (AvgIpc) is 3.22. The number of halogens is 1. The Morgan fingerprint density at radius 3 is 2.68 bits per heavy atom. The molecule has 0 aromatic heterocycles. The molecule has 0 heterocycles. The molecule has 0 aliphatic heterocycles. The van der Waals surface area contributed by atoms with E-state index in [1.54, 1.807) is 7.11 Å². The lowest BCUT2D eigenvalue weighted by molar-refractivity contribution is 0.202. The molecule has 2 aliphatic rings. The molecule has 2 N–H and O–H groups in total. The fourth-order valence-electron chi connectivity index (χ4n) is 3.59. The molecular weight excluding hydrogens is 241 g/mol. The van der Waals surface area contributed by atoms with E-state index in [4.69, 9.17) is 10.5 Å². The van der Waals surface area contributed by atoms with Crippen LogP contribution < -0.4 is 10.5 Å². The highest BCUT2D eigenvalue weighted by atomic mass is 19.1. The van der Waals surface area contributed by atoms with Crippen LogP contribution in [0.1, 0.15) is 44.1 Å². The van der Waals surface area contributed by atoms with Gasteiger partial charge in [-0.25, -0.2) is 4.39 Å². The van der Waals surface area contributed by atoms with E-state index in [0.717, 1.165) is 25.2 Å². The third kappa shape index (κ3) is 2.48. The first-order valence-electron chi connectivity index (χ1n) is 7.25. The van der Waals surface area contributed by atoms with Crippen LogP contribution in [0, 0.1) is 17.7 Å². The van der Waals surface area contributed by atoms with Gasteiger partial charge >= 0.3 is 0 Å². The molecule has 3 rings (SSSR count). The maximum Gasteiger partial charge on any atom is 0.131 e. The molecule has 0 amide bonds. The second kappa shape index (κ2) is 4.78. The molecule has 1 aromatic rings. The molecule has 2 aliphatic carbocycles. The number of benzene rings is 1. The summed E-state index contributed by atoms with van der Waals surface area (Å²) in [5.74, 6) is 1.88. The smallest absolute Gasteiger partial charge is 0.131 e. The Labute approximate surface area is 114 Å². The molecule has 0 radical (unpaired) electrons. The van der Waals surface area contributed by atoms with Gasteiger partial charge < -0.3 is 10.5 Å². The van der Waals surface area contributed by atoms with E-state index in [9.17, 15) is 4.39 Å². The summed E-state index contributed by atoms with van der Waals surface area (Å²) < 4.78 is 19.3. The lowest BCUT2D eigenvalue weighted by Gasteiger charge is -2.39. The van der Waals surface area contributed by atoms with Crippen LogP contribution in [-0.2, 0) is 5.54 Å². The number of nitrogens with two attached hydrogens (primary N) is 1. The second-order valence-electron chi connectivity index (χ2n) is 6.20. The lowest BCUT2D eigenvalue weighted by atomic mass is 9.71. The number of rotatable bonds is 3. The first kappa shape index (κ1) is 12.9. The van der Waals surface area contributed by atoms with Gasteiger partial charge in [0.2, 0.25) is 0 Å². The van der Waals surface area contributed by atoms with Crippen molar-refractivity contribution in [2.75, 3.05) is 7.11 Å². The lowest BCUT2D eigenvalue weighted by Crippen LogP contribution is -2.42. The minimum atomic E-state index is -0.484. The Morgan fingerprint density at radius 2 is 2.05 bits per heavy atom. The summed E-state index contributed by atoms with van der Waals surface area (Å²) in [6.07, 6.45) is 6.88. The van der Waals surface area contributed by atoms with Crippen LogP contribution in [-0.4, -0.2) is 7.11 Å². The number of ether oxygens (including phenoxy) is 1. The standard InChI is InChI=1S/C16H22FNO/c1-19-13-6-7-14(15(17)9-13)16(18)8-2-3-12(10-16)11-4-5-11/h6-7,9,11-12H,2-5,8,10,18H2,1H3. The van der Waals surface area contributed by atoms with Gasteiger partial charge in [-0.1, -0.05) is 18.9 Å². The van der Waals surface area contributed by atoms with Gasteiger partial charge in [0, 0.05) is 17.2 Å². The summed E-state index contributed by atoms with van der Waals surface area (Å²) in [7, 11) is 1.55. The highest BCUT2D eigenvalue weighted by Crippen LogP contribution is 2.49. The van der Waals surface area contributed by atoms with Gasteiger partial charge in [-0.05, 0) is 43.6 Å². The minimum Gasteiger partial charge on any atom is -0.497 e. The Bertz CT molecular complexity index is 472. The van der Waals surface area contributed by atoms with E-state index in [2.05, 4.69) is 0 Å². The zero-order valence-electron chi connectivity index (χ0n) is 11.5. The van der Waals surface area contributed by atoms with Crippen LogP contribution in [0.15, 0.2) is 18.2 Å². The normalized spacial score (nSPS) is 31.2. The molecule has 1 aromatic carbocycles. The van der Waals surface area contributed by atoms with E-state index in [1.165, 1.54) is 25.3 Å². The molecule has 104 valence electrons. The molecule has 3 heteroatoms. The van der Waals surface area contributed by atoms with Crippen molar-refractivity contribution in [3.05, 3.63) is 29.6 Å². The Balaban J connectivity index is 1.86. The average molecular weight is 263 g/mol. The molecule has 0 bridgehead atoms. The Kier molecular flexibility index (Phi) is 3.25. The van der Waals surface area contributed by atoms with Gasteiger partial charge in [0.05, 0.1) is 7.11 Å². The van der Waals surface area contributed by atoms with E-state index in [0.29, 0.717) is 17.2 Å². The number of hydrogen-bond acceptors (Lipinski definition) is 2. The summed E-state index contributed by atoms with van der Waals surface area (Å²) in [6.45, 7) is 0. The molecule has 2 fully saturated rings. The zero-order chi connectivity index (χ0) is 13.5. The predicted molar refractivity (Wildman–Crippen MR) is 73.5 cm³/mol. The third-order valence-electron chi connectivity index (χ3n) is 4.83. The minimum absolute atomic E-state index is 0.224. The molecule has 19 heavy (non-hydrogen) atoms. The van der Waals surface area contributed by atoms with E-state index in [1.807, 2.05) is 12.1 Å². The van der Waals surface area contributed by atoms with Crippen LogP contribution >= 0.6 is 0 Å². The van der Waals surface area contributed by atoms with Crippen molar-refractivity contribution in [2.24, 2.45) is 17.6 Å². The molecular formula is C16H22FNO. The highest BCUT2D eigenvalue weighted by molar-refractivity contribution is 5.34. The van der Waals surface area contributed by atoms with Crippen LogP contribution in [0.3, 0.4) is 0 Å². The van der Waals surface area contributed by atoms with Crippen molar-refractivity contribution in [2.45, 2.75) is 44.1 Å². The Morgan fingerprint density at radius 1 is 1.26 bits per heavy atom. The number of hydrogen-bond donors (Lipinski definition) is 1. The molecule has 2 nitrogen and oxygen atoms in total. The molecule has 0 spiro atoms. The molecule has 2 saturated carbocycles. The van der Waals surface area contributed by atoms with Crippen molar-refractivity contribution in [3.8, 4) is 5.75 Å². The van der Waals surface area contributed by atoms with Gasteiger partial charge in [-0.2, -0.15) is 0 Å². The van der Waals surface area contributed by atoms with Gasteiger partial charge in [-0.15, -0.1) is 0 Å². The van der Waals surface area contributed by atoms with Crippen LogP contribution in [0.5, 0.6) is 5.75 Å². The van der Waals surface area contributed by atoms with Gasteiger partial charge in [-0.3, -0.25) is 0 Å². The summed E-state index contributed by atoms with van der Waals surface area (Å²) in [6, 6.07) is 5.07. The van der Waals surface area contributed by atoms with E-state index in [-0.39, 0.29) is 5.82 Å². The number of methoxy groups -OCH3 is 1. The monoisotopic (exact) mass is 263 g/mol. The van der Waals surface area contributed by atoms with Crippen molar-refractivity contribution in [3.63, 3.8) is 0 Å². The predicted octanol–water partition coefficient (Wildman–Crippen LogP) is 3.59. The van der Waals surface area contributed by atoms with Crippen LogP contribution in [0.2, 0.25) is 0 Å². The van der Waals surface area contributed by atoms with Crippen molar-refractivity contribution < 1.29 is 9.13 Å². The first-order chi connectivity index (χ1) is 9.12. The zero-order valence-corrected chi connectivity index (χ0v) is 11.5. The Hall–Kier alpha value is -1.09. The first-order valence-corrected chi connectivity index (χ1v) is 7.25. The maximum atomic E-state index is 14.3. The molecule has 2 unspecified atom stereocenters. The molecule has 2 atom stereocenters. The van der Waals surface area contributed by atoms with Crippen molar-refractivity contribution in [1.29, 1.82) is 0 Å². The van der Waals surface area contributed by atoms with Gasteiger partial charge in [0.25, 0.3) is 0 Å². The SMILES string of the molecule is COc1ccc(C2(N)CCCC(C3CC3)C2)c(F)c1. The third-order valence-corrected chi connectivity index (χ3v) is 4.83. The quantitative estimate of drug-likeness (QED) is 0.904. The van der Waals surface area contributed by atoms with Crippen LogP contribution in [0.4, 0.5) is 4.39 Å². The summed E-state index contributed by atoms with van der Waals surface area (Å²) in [4.78, 5) is 0.